The number of aliphatic hydroxyl groups is 1. The SMILES string of the molecule is O=S1(=O)C=CC(NCC(O)c2ccccc2Cl)C1. The number of rotatable bonds is 4. The number of hydrogen-bond acceptors (Lipinski definition) is 4. The second kappa shape index (κ2) is 5.40. The Morgan fingerprint density at radius 3 is 2.78 bits per heavy atom. The standard InChI is InChI=1S/C12H14ClNO3S/c13-11-4-2-1-3-10(11)12(15)7-14-9-5-6-18(16,17)8-9/h1-6,9,12,14-15H,7-8H2. The summed E-state index contributed by atoms with van der Waals surface area (Å²) in [4.78, 5) is 0. The van der Waals surface area contributed by atoms with Crippen LogP contribution in [0.15, 0.2) is 35.7 Å². The third kappa shape index (κ3) is 3.32. The number of aliphatic hydroxyl groups excluding tert-OH is 1. The highest BCUT2D eigenvalue weighted by Crippen LogP contribution is 2.22. The highest BCUT2D eigenvalue weighted by Gasteiger charge is 2.22. The van der Waals surface area contributed by atoms with Crippen molar-refractivity contribution in [2.24, 2.45) is 0 Å². The molecular weight excluding hydrogens is 274 g/mol. The van der Waals surface area contributed by atoms with E-state index in [-0.39, 0.29) is 18.3 Å². The van der Waals surface area contributed by atoms with Gasteiger partial charge in [0, 0.05) is 28.6 Å². The molecule has 1 aromatic carbocycles. The molecule has 2 unspecified atom stereocenters. The van der Waals surface area contributed by atoms with Crippen LogP contribution in [0.4, 0.5) is 0 Å². The van der Waals surface area contributed by atoms with Crippen LogP contribution in [0.3, 0.4) is 0 Å². The van der Waals surface area contributed by atoms with E-state index in [2.05, 4.69) is 5.32 Å². The highest BCUT2D eigenvalue weighted by atomic mass is 35.5. The molecule has 2 N–H and O–H groups in total. The van der Waals surface area contributed by atoms with Crippen LogP contribution in [-0.4, -0.2) is 31.9 Å². The van der Waals surface area contributed by atoms with Gasteiger partial charge in [0.1, 0.15) is 0 Å². The van der Waals surface area contributed by atoms with Gasteiger partial charge in [0.05, 0.1) is 11.9 Å². The topological polar surface area (TPSA) is 66.4 Å². The summed E-state index contributed by atoms with van der Waals surface area (Å²) in [7, 11) is -3.07. The molecule has 18 heavy (non-hydrogen) atoms. The van der Waals surface area contributed by atoms with E-state index in [1.165, 1.54) is 5.41 Å². The zero-order valence-corrected chi connectivity index (χ0v) is 11.2. The van der Waals surface area contributed by atoms with Crippen molar-refractivity contribution < 1.29 is 13.5 Å². The van der Waals surface area contributed by atoms with Crippen molar-refractivity contribution in [3.05, 3.63) is 46.3 Å². The highest BCUT2D eigenvalue weighted by molar-refractivity contribution is 7.94. The summed E-state index contributed by atoms with van der Waals surface area (Å²) < 4.78 is 22.4. The van der Waals surface area contributed by atoms with Gasteiger partial charge in [-0.15, -0.1) is 0 Å². The molecule has 6 heteroatoms. The van der Waals surface area contributed by atoms with Crippen molar-refractivity contribution >= 4 is 21.4 Å². The molecule has 0 saturated heterocycles. The van der Waals surface area contributed by atoms with E-state index in [4.69, 9.17) is 11.6 Å². The van der Waals surface area contributed by atoms with Crippen LogP contribution in [0.25, 0.3) is 0 Å². The molecular formula is C12H14ClNO3S. The molecule has 0 amide bonds. The maximum absolute atomic E-state index is 11.2. The number of hydrogen-bond donors (Lipinski definition) is 2. The van der Waals surface area contributed by atoms with Crippen LogP contribution in [0.2, 0.25) is 5.02 Å². The summed E-state index contributed by atoms with van der Waals surface area (Å²) in [6, 6.07) is 6.80. The predicted octanol–water partition coefficient (Wildman–Crippen LogP) is 1.27. The fourth-order valence-corrected chi connectivity index (χ4v) is 3.35. The van der Waals surface area contributed by atoms with Gasteiger partial charge in [0.25, 0.3) is 0 Å². The van der Waals surface area contributed by atoms with Gasteiger partial charge in [0.2, 0.25) is 0 Å². The van der Waals surface area contributed by atoms with Crippen LogP contribution in [-0.2, 0) is 9.84 Å². The van der Waals surface area contributed by atoms with E-state index >= 15 is 0 Å². The van der Waals surface area contributed by atoms with E-state index in [9.17, 15) is 13.5 Å². The predicted molar refractivity (Wildman–Crippen MR) is 71.1 cm³/mol. The molecule has 98 valence electrons. The first-order chi connectivity index (χ1) is 8.48. The molecule has 0 fully saturated rings. The third-order valence-electron chi connectivity index (χ3n) is 2.77. The minimum Gasteiger partial charge on any atom is -0.387 e. The summed E-state index contributed by atoms with van der Waals surface area (Å²) in [6.45, 7) is 0.258. The Balaban J connectivity index is 1.92. The van der Waals surface area contributed by atoms with Crippen molar-refractivity contribution in [2.45, 2.75) is 12.1 Å². The Morgan fingerprint density at radius 2 is 2.17 bits per heavy atom. The number of sulfone groups is 1. The maximum Gasteiger partial charge on any atom is 0.173 e. The zero-order chi connectivity index (χ0) is 13.2. The molecule has 0 aromatic heterocycles. The molecule has 1 aromatic rings. The monoisotopic (exact) mass is 287 g/mol. The Morgan fingerprint density at radius 1 is 1.44 bits per heavy atom. The molecule has 2 atom stereocenters. The minimum absolute atomic E-state index is 0.0439. The third-order valence-corrected chi connectivity index (χ3v) is 4.51. The smallest absolute Gasteiger partial charge is 0.173 e. The van der Waals surface area contributed by atoms with Gasteiger partial charge >= 0.3 is 0 Å². The number of halogens is 1. The minimum atomic E-state index is -3.07. The van der Waals surface area contributed by atoms with Crippen molar-refractivity contribution in [2.75, 3.05) is 12.3 Å². The lowest BCUT2D eigenvalue weighted by atomic mass is 10.1. The number of nitrogens with one attached hydrogen (secondary N) is 1. The van der Waals surface area contributed by atoms with E-state index in [0.29, 0.717) is 10.6 Å². The zero-order valence-electron chi connectivity index (χ0n) is 9.58. The first-order valence-electron chi connectivity index (χ1n) is 5.55. The molecule has 0 radical (unpaired) electrons. The van der Waals surface area contributed by atoms with Crippen LogP contribution in [0.5, 0.6) is 0 Å². The summed E-state index contributed by atoms with van der Waals surface area (Å²) >= 11 is 5.96. The molecule has 0 saturated carbocycles. The first-order valence-corrected chi connectivity index (χ1v) is 7.64. The summed E-state index contributed by atoms with van der Waals surface area (Å²) in [6.07, 6.45) is 0.838. The lowest BCUT2D eigenvalue weighted by Gasteiger charge is -2.16. The Bertz CT molecular complexity index is 556. The van der Waals surface area contributed by atoms with E-state index in [0.717, 1.165) is 0 Å². The molecule has 1 heterocycles. The van der Waals surface area contributed by atoms with E-state index in [1.807, 2.05) is 0 Å². The molecule has 2 rings (SSSR count). The van der Waals surface area contributed by atoms with E-state index < -0.39 is 15.9 Å². The van der Waals surface area contributed by atoms with Crippen molar-refractivity contribution in [1.29, 1.82) is 0 Å². The Hall–Kier alpha value is -0.880. The second-order valence-corrected chi connectivity index (χ2v) is 6.55. The number of benzene rings is 1. The lowest BCUT2D eigenvalue weighted by Crippen LogP contribution is -2.33. The molecule has 1 aliphatic heterocycles. The molecule has 0 aliphatic carbocycles. The van der Waals surface area contributed by atoms with Crippen LogP contribution in [0.1, 0.15) is 11.7 Å². The molecule has 4 nitrogen and oxygen atoms in total. The van der Waals surface area contributed by atoms with Gasteiger partial charge in [-0.3, -0.25) is 0 Å². The van der Waals surface area contributed by atoms with Crippen LogP contribution in [0, 0.1) is 0 Å². The molecule has 1 aliphatic rings. The van der Waals surface area contributed by atoms with Crippen molar-refractivity contribution in [3.63, 3.8) is 0 Å². The lowest BCUT2D eigenvalue weighted by molar-refractivity contribution is 0.173. The van der Waals surface area contributed by atoms with Gasteiger partial charge in [-0.2, -0.15) is 0 Å². The summed E-state index contributed by atoms with van der Waals surface area (Å²) in [5, 5.41) is 14.7. The van der Waals surface area contributed by atoms with Gasteiger partial charge in [-0.1, -0.05) is 35.9 Å². The fourth-order valence-electron chi connectivity index (χ4n) is 1.82. The summed E-state index contributed by atoms with van der Waals surface area (Å²) in [5.74, 6) is 0.0439. The van der Waals surface area contributed by atoms with Gasteiger partial charge < -0.3 is 10.4 Å². The largest absolute Gasteiger partial charge is 0.387 e. The van der Waals surface area contributed by atoms with E-state index in [1.54, 1.807) is 30.3 Å². The Kier molecular flexibility index (Phi) is 4.07. The van der Waals surface area contributed by atoms with Gasteiger partial charge in [-0.05, 0) is 6.07 Å². The molecule has 0 spiro atoms. The van der Waals surface area contributed by atoms with Crippen molar-refractivity contribution in [1.82, 2.24) is 5.32 Å². The maximum atomic E-state index is 11.2. The Labute approximate surface area is 111 Å². The van der Waals surface area contributed by atoms with Crippen LogP contribution >= 0.6 is 11.6 Å². The average molecular weight is 288 g/mol. The summed E-state index contributed by atoms with van der Waals surface area (Å²) in [5.41, 5.74) is 0.636. The fraction of sp³-hybridized carbons (Fsp3) is 0.333. The van der Waals surface area contributed by atoms with Crippen molar-refractivity contribution in [3.8, 4) is 0 Å². The van der Waals surface area contributed by atoms with Crippen LogP contribution < -0.4 is 5.32 Å². The quantitative estimate of drug-likeness (QED) is 0.875. The first kappa shape index (κ1) is 13.5. The normalized spacial score (nSPS) is 23.1. The second-order valence-electron chi connectivity index (χ2n) is 4.21. The average Bonchev–Trinajstić information content (AvgIpc) is 2.66. The van der Waals surface area contributed by atoms with Gasteiger partial charge in [-0.25, -0.2) is 8.42 Å². The van der Waals surface area contributed by atoms with Gasteiger partial charge in [0.15, 0.2) is 9.84 Å². The molecule has 0 bridgehead atoms.